The maximum Gasteiger partial charge on any atom is 0.303 e. The lowest BCUT2D eigenvalue weighted by atomic mass is 9.73. The normalized spacial score (nSPS) is 15.1. The Morgan fingerprint density at radius 1 is 1.25 bits per heavy atom. The standard InChI is InChI=1S/C12H23O3P/c1-11(2,3)8-12(4,5)9(16-15)6-7-10(13)14/h9H,6-8H2,1-5H3,(H,13,14)/t9-/m1/s1. The summed E-state index contributed by atoms with van der Waals surface area (Å²) in [6.07, 6.45) is 1.50. The van der Waals surface area contributed by atoms with Crippen LogP contribution < -0.4 is 0 Å². The first-order valence-corrected chi connectivity index (χ1v) is 6.51. The zero-order valence-corrected chi connectivity index (χ0v) is 11.8. The van der Waals surface area contributed by atoms with Crippen molar-refractivity contribution in [2.75, 3.05) is 0 Å². The molecule has 0 unspecified atom stereocenters. The first kappa shape index (κ1) is 15.6. The van der Waals surface area contributed by atoms with Crippen LogP contribution in [0.2, 0.25) is 0 Å². The first-order valence-electron chi connectivity index (χ1n) is 5.63. The third-order valence-electron chi connectivity index (χ3n) is 2.65. The SMILES string of the molecule is CC(C)(C)CC(C)(C)[C@@H](CCC(=O)O)P=O. The van der Waals surface area contributed by atoms with Crippen molar-refractivity contribution in [2.45, 2.75) is 59.5 Å². The number of carboxylic acids is 1. The van der Waals surface area contributed by atoms with Crippen molar-refractivity contribution in [2.24, 2.45) is 10.8 Å². The van der Waals surface area contributed by atoms with Gasteiger partial charge < -0.3 is 5.11 Å². The smallest absolute Gasteiger partial charge is 0.303 e. The molecular weight excluding hydrogens is 223 g/mol. The van der Waals surface area contributed by atoms with Gasteiger partial charge in [0, 0.05) is 12.1 Å². The second-order valence-corrected chi connectivity index (χ2v) is 7.11. The fraction of sp³-hybridized carbons (Fsp3) is 0.917. The van der Waals surface area contributed by atoms with Gasteiger partial charge in [0.2, 0.25) is 0 Å². The lowest BCUT2D eigenvalue weighted by Crippen LogP contribution is -2.30. The molecule has 0 amide bonds. The molecule has 4 heteroatoms. The van der Waals surface area contributed by atoms with Crippen LogP contribution in [0.5, 0.6) is 0 Å². The molecule has 1 atom stereocenters. The molecule has 0 heterocycles. The Morgan fingerprint density at radius 3 is 2.06 bits per heavy atom. The van der Waals surface area contributed by atoms with E-state index >= 15 is 0 Å². The van der Waals surface area contributed by atoms with Gasteiger partial charge >= 0.3 is 5.97 Å². The van der Waals surface area contributed by atoms with E-state index in [2.05, 4.69) is 34.6 Å². The summed E-state index contributed by atoms with van der Waals surface area (Å²) in [4.78, 5) is 10.5. The van der Waals surface area contributed by atoms with Crippen molar-refractivity contribution in [3.63, 3.8) is 0 Å². The molecule has 1 N–H and O–H groups in total. The Kier molecular flexibility index (Phi) is 5.61. The molecular formula is C12H23O3P. The van der Waals surface area contributed by atoms with E-state index in [9.17, 15) is 9.36 Å². The second-order valence-electron chi connectivity index (χ2n) is 6.28. The molecule has 0 aliphatic rings. The van der Waals surface area contributed by atoms with E-state index in [-0.39, 0.29) is 31.4 Å². The average molecular weight is 246 g/mol. The Labute approximate surface area is 99.8 Å². The van der Waals surface area contributed by atoms with Crippen LogP contribution in [0.3, 0.4) is 0 Å². The maximum absolute atomic E-state index is 11.2. The molecule has 0 aromatic heterocycles. The Bertz CT molecular complexity index is 253. The summed E-state index contributed by atoms with van der Waals surface area (Å²) in [5, 5.41) is 8.65. The lowest BCUT2D eigenvalue weighted by molar-refractivity contribution is -0.137. The van der Waals surface area contributed by atoms with Crippen molar-refractivity contribution in [3.05, 3.63) is 0 Å². The molecule has 3 nitrogen and oxygen atoms in total. The summed E-state index contributed by atoms with van der Waals surface area (Å²) >= 11 is 0. The van der Waals surface area contributed by atoms with Gasteiger partial charge in [0.15, 0.2) is 8.46 Å². The van der Waals surface area contributed by atoms with Crippen molar-refractivity contribution in [1.82, 2.24) is 0 Å². The quantitative estimate of drug-likeness (QED) is 0.721. The molecule has 0 aliphatic carbocycles. The van der Waals surface area contributed by atoms with Crippen LogP contribution in [0.4, 0.5) is 0 Å². The van der Waals surface area contributed by atoms with Crippen LogP contribution in [-0.4, -0.2) is 16.7 Å². The van der Waals surface area contributed by atoms with Gasteiger partial charge in [-0.05, 0) is 23.7 Å². The second kappa shape index (κ2) is 5.77. The molecule has 0 aromatic carbocycles. The van der Waals surface area contributed by atoms with Gasteiger partial charge in [-0.15, -0.1) is 0 Å². The van der Waals surface area contributed by atoms with Crippen LogP contribution in [0.1, 0.15) is 53.9 Å². The van der Waals surface area contributed by atoms with Crippen molar-refractivity contribution >= 4 is 14.4 Å². The molecule has 94 valence electrons. The van der Waals surface area contributed by atoms with E-state index in [0.717, 1.165) is 6.42 Å². The van der Waals surface area contributed by atoms with Gasteiger partial charge in [0.25, 0.3) is 0 Å². The molecule has 0 bridgehead atoms. The highest BCUT2D eigenvalue weighted by molar-refractivity contribution is 7.24. The first-order chi connectivity index (χ1) is 7.08. The van der Waals surface area contributed by atoms with Crippen LogP contribution >= 0.6 is 8.46 Å². The minimum absolute atomic E-state index is 0.0593. The molecule has 0 spiro atoms. The highest BCUT2D eigenvalue weighted by atomic mass is 31.1. The van der Waals surface area contributed by atoms with Crippen molar-refractivity contribution < 1.29 is 14.5 Å². The van der Waals surface area contributed by atoms with Crippen LogP contribution in [0, 0.1) is 10.8 Å². The number of rotatable bonds is 6. The van der Waals surface area contributed by atoms with E-state index in [1.165, 1.54) is 0 Å². The zero-order chi connectivity index (χ0) is 13.0. The molecule has 0 aliphatic heterocycles. The monoisotopic (exact) mass is 246 g/mol. The topological polar surface area (TPSA) is 54.4 Å². The van der Waals surface area contributed by atoms with E-state index in [1.54, 1.807) is 0 Å². The van der Waals surface area contributed by atoms with Crippen LogP contribution in [0.15, 0.2) is 0 Å². The highest BCUT2D eigenvalue weighted by Gasteiger charge is 2.34. The van der Waals surface area contributed by atoms with Gasteiger partial charge in [-0.1, -0.05) is 34.6 Å². The summed E-state index contributed by atoms with van der Waals surface area (Å²) in [6.45, 7) is 10.6. The van der Waals surface area contributed by atoms with E-state index in [0.29, 0.717) is 6.42 Å². The molecule has 0 fully saturated rings. The van der Waals surface area contributed by atoms with E-state index in [4.69, 9.17) is 5.11 Å². The number of hydrogen-bond donors (Lipinski definition) is 1. The van der Waals surface area contributed by atoms with Gasteiger partial charge in [-0.2, -0.15) is 0 Å². The van der Waals surface area contributed by atoms with Crippen LogP contribution in [0.25, 0.3) is 0 Å². The molecule has 16 heavy (non-hydrogen) atoms. The number of aliphatic carboxylic acids is 1. The van der Waals surface area contributed by atoms with Gasteiger partial charge in [-0.25, -0.2) is 0 Å². The highest BCUT2D eigenvalue weighted by Crippen LogP contribution is 2.42. The number of carboxylic acid groups (broad SMARTS) is 1. The fourth-order valence-corrected chi connectivity index (χ4v) is 2.94. The van der Waals surface area contributed by atoms with Gasteiger partial charge in [0.1, 0.15) is 0 Å². The minimum Gasteiger partial charge on any atom is -0.481 e. The molecule has 0 aromatic rings. The lowest BCUT2D eigenvalue weighted by Gasteiger charge is -2.36. The molecule has 0 saturated carbocycles. The number of hydrogen-bond acceptors (Lipinski definition) is 2. The van der Waals surface area contributed by atoms with Crippen molar-refractivity contribution in [1.29, 1.82) is 0 Å². The predicted molar refractivity (Wildman–Crippen MR) is 66.1 cm³/mol. The third-order valence-corrected chi connectivity index (χ3v) is 3.86. The average Bonchev–Trinajstić information content (AvgIpc) is 1.98. The van der Waals surface area contributed by atoms with E-state index < -0.39 is 5.97 Å². The summed E-state index contributed by atoms with van der Waals surface area (Å²) in [5.74, 6) is -0.819. The van der Waals surface area contributed by atoms with Gasteiger partial charge in [0.05, 0.1) is 0 Å². The molecule has 0 rings (SSSR count). The largest absolute Gasteiger partial charge is 0.481 e. The summed E-state index contributed by atoms with van der Waals surface area (Å²) < 4.78 is 11.2. The number of carbonyl (C=O) groups is 1. The molecule has 0 radical (unpaired) electrons. The Balaban J connectivity index is 4.54. The van der Waals surface area contributed by atoms with Crippen molar-refractivity contribution in [3.8, 4) is 0 Å². The maximum atomic E-state index is 11.2. The zero-order valence-electron chi connectivity index (χ0n) is 10.9. The Morgan fingerprint density at radius 2 is 1.75 bits per heavy atom. The summed E-state index contributed by atoms with van der Waals surface area (Å²) in [6, 6.07) is 0. The van der Waals surface area contributed by atoms with E-state index in [1.807, 2.05) is 0 Å². The van der Waals surface area contributed by atoms with Gasteiger partial charge in [-0.3, -0.25) is 9.36 Å². The predicted octanol–water partition coefficient (Wildman–Crippen LogP) is 3.97. The molecule has 0 saturated heterocycles. The summed E-state index contributed by atoms with van der Waals surface area (Å²) in [7, 11) is 0.0593. The minimum atomic E-state index is -0.819. The fourth-order valence-electron chi connectivity index (χ4n) is 2.33. The van der Waals surface area contributed by atoms with Crippen LogP contribution in [-0.2, 0) is 9.36 Å². The Hall–Kier alpha value is -0.430. The third kappa shape index (κ3) is 6.22. The summed E-state index contributed by atoms with van der Waals surface area (Å²) in [5.41, 5.74) is -0.0185.